The lowest BCUT2D eigenvalue weighted by molar-refractivity contribution is 0.436. The van der Waals surface area contributed by atoms with E-state index in [1.165, 1.54) is 22.3 Å². The summed E-state index contributed by atoms with van der Waals surface area (Å²) >= 11 is 0. The number of furan rings is 1. The lowest BCUT2D eigenvalue weighted by atomic mass is 9.66. The normalized spacial score (nSPS) is 13.4. The number of hydrogen-bond acceptors (Lipinski definition) is 4. The summed E-state index contributed by atoms with van der Waals surface area (Å²) in [5, 5.41) is 2.20. The van der Waals surface area contributed by atoms with E-state index >= 15 is 0 Å². The van der Waals surface area contributed by atoms with Gasteiger partial charge >= 0.3 is 0 Å². The van der Waals surface area contributed by atoms with Crippen LogP contribution in [-0.4, -0.2) is 9.97 Å². The van der Waals surface area contributed by atoms with Crippen molar-refractivity contribution in [2.24, 2.45) is 0 Å². The molecular weight excluding hydrogens is 625 g/mol. The molecule has 11 rings (SSSR count). The number of fused-ring (bicyclic) bond motifs is 13. The molecule has 3 heterocycles. The molecule has 1 aliphatic carbocycles. The van der Waals surface area contributed by atoms with Crippen LogP contribution < -0.4 is 4.74 Å². The predicted molar refractivity (Wildman–Crippen MR) is 203 cm³/mol. The third-order valence-corrected chi connectivity index (χ3v) is 10.6. The second-order valence-corrected chi connectivity index (χ2v) is 13.3. The van der Waals surface area contributed by atoms with E-state index in [0.717, 1.165) is 72.6 Å². The van der Waals surface area contributed by atoms with Crippen LogP contribution in [0.15, 0.2) is 174 Å². The second kappa shape index (κ2) is 10.6. The molecule has 0 unspecified atom stereocenters. The van der Waals surface area contributed by atoms with E-state index in [4.69, 9.17) is 19.1 Å². The molecule has 0 amide bonds. The Morgan fingerprint density at radius 2 is 1.04 bits per heavy atom. The molecular formula is C47H28N2O2. The summed E-state index contributed by atoms with van der Waals surface area (Å²) in [4.78, 5) is 10.1. The van der Waals surface area contributed by atoms with Gasteiger partial charge in [-0.3, -0.25) is 0 Å². The summed E-state index contributed by atoms with van der Waals surface area (Å²) in [7, 11) is 0. The number of rotatable bonds is 3. The quantitative estimate of drug-likeness (QED) is 0.191. The zero-order valence-corrected chi connectivity index (χ0v) is 27.4. The van der Waals surface area contributed by atoms with Gasteiger partial charge < -0.3 is 9.15 Å². The lowest BCUT2D eigenvalue weighted by Gasteiger charge is -2.39. The molecule has 51 heavy (non-hydrogen) atoms. The summed E-state index contributed by atoms with van der Waals surface area (Å²) in [5.74, 6) is 2.46. The first kappa shape index (κ1) is 28.1. The van der Waals surface area contributed by atoms with E-state index in [1.54, 1.807) is 0 Å². The molecule has 1 aliphatic heterocycles. The van der Waals surface area contributed by atoms with E-state index in [1.807, 2.05) is 36.4 Å². The van der Waals surface area contributed by atoms with Crippen LogP contribution in [0, 0.1) is 0 Å². The second-order valence-electron chi connectivity index (χ2n) is 13.3. The van der Waals surface area contributed by atoms with Crippen LogP contribution in [0.5, 0.6) is 11.5 Å². The average Bonchev–Trinajstić information content (AvgIpc) is 3.72. The van der Waals surface area contributed by atoms with E-state index in [0.29, 0.717) is 5.82 Å². The smallest absolute Gasteiger partial charge is 0.160 e. The Balaban J connectivity index is 1.15. The molecule has 4 heteroatoms. The topological polar surface area (TPSA) is 48.2 Å². The molecule has 0 atom stereocenters. The van der Waals surface area contributed by atoms with Gasteiger partial charge in [-0.25, -0.2) is 9.97 Å². The highest BCUT2D eigenvalue weighted by Crippen LogP contribution is 2.63. The van der Waals surface area contributed by atoms with Crippen LogP contribution in [0.3, 0.4) is 0 Å². The number of nitrogens with zero attached hydrogens (tertiary/aromatic N) is 2. The fourth-order valence-electron chi connectivity index (χ4n) is 8.44. The summed E-state index contributed by atoms with van der Waals surface area (Å²) in [6.45, 7) is 0. The van der Waals surface area contributed by atoms with Gasteiger partial charge in [0.15, 0.2) is 5.82 Å². The maximum absolute atomic E-state index is 6.73. The zero-order chi connectivity index (χ0) is 33.5. The van der Waals surface area contributed by atoms with Crippen molar-refractivity contribution in [2.45, 2.75) is 5.41 Å². The number of hydrogen-bond donors (Lipinski definition) is 0. The third-order valence-electron chi connectivity index (χ3n) is 10.6. The SMILES string of the molecule is c1ccc(-c2cc(-c3ccc4c(c3)oc3ccc5c(c34)-c3ccccc3C53c4ccccc4Oc4ccccc43)nc(-c3ccccc3)n2)cc1. The predicted octanol–water partition coefficient (Wildman–Crippen LogP) is 11.8. The maximum Gasteiger partial charge on any atom is 0.160 e. The van der Waals surface area contributed by atoms with Gasteiger partial charge in [-0.05, 0) is 58.7 Å². The van der Waals surface area contributed by atoms with Gasteiger partial charge in [0.2, 0.25) is 0 Å². The Kier molecular flexibility index (Phi) is 5.84. The summed E-state index contributed by atoms with van der Waals surface area (Å²) in [6.07, 6.45) is 0. The van der Waals surface area contributed by atoms with Gasteiger partial charge in [-0.1, -0.05) is 133 Å². The molecule has 2 aromatic heterocycles. The first-order valence-electron chi connectivity index (χ1n) is 17.2. The first-order valence-corrected chi connectivity index (χ1v) is 17.2. The fourth-order valence-corrected chi connectivity index (χ4v) is 8.44. The van der Waals surface area contributed by atoms with Crippen LogP contribution in [0.1, 0.15) is 22.3 Å². The largest absolute Gasteiger partial charge is 0.457 e. The molecule has 0 saturated heterocycles. The first-order chi connectivity index (χ1) is 25.3. The van der Waals surface area contributed by atoms with E-state index in [-0.39, 0.29) is 0 Å². The van der Waals surface area contributed by atoms with E-state index in [9.17, 15) is 0 Å². The van der Waals surface area contributed by atoms with Gasteiger partial charge in [0, 0.05) is 38.6 Å². The number of aromatic nitrogens is 2. The Labute approximate surface area is 294 Å². The Morgan fingerprint density at radius 1 is 0.431 bits per heavy atom. The summed E-state index contributed by atoms with van der Waals surface area (Å²) in [5.41, 5.74) is 13.1. The van der Waals surface area contributed by atoms with Crippen molar-refractivity contribution >= 4 is 21.9 Å². The van der Waals surface area contributed by atoms with Crippen LogP contribution in [0.2, 0.25) is 0 Å². The molecule has 1 spiro atoms. The molecule has 2 aliphatic rings. The fraction of sp³-hybridized carbons (Fsp3) is 0.0213. The Hall–Kier alpha value is -6.78. The van der Waals surface area contributed by atoms with Crippen molar-refractivity contribution in [1.82, 2.24) is 9.97 Å². The van der Waals surface area contributed by atoms with Gasteiger partial charge in [0.05, 0.1) is 16.8 Å². The molecule has 0 fully saturated rings. The van der Waals surface area contributed by atoms with Crippen molar-refractivity contribution in [3.05, 3.63) is 192 Å². The highest BCUT2D eigenvalue weighted by Gasteiger charge is 2.51. The van der Waals surface area contributed by atoms with Gasteiger partial charge in [0.1, 0.15) is 22.7 Å². The average molecular weight is 653 g/mol. The van der Waals surface area contributed by atoms with Gasteiger partial charge in [-0.15, -0.1) is 0 Å². The monoisotopic (exact) mass is 652 g/mol. The summed E-state index contributed by atoms with van der Waals surface area (Å²) in [6, 6.07) is 59.2. The molecule has 0 N–H and O–H groups in total. The number of ether oxygens (including phenoxy) is 1. The number of benzene rings is 7. The molecule has 0 bridgehead atoms. The molecule has 238 valence electrons. The molecule has 0 radical (unpaired) electrons. The highest BCUT2D eigenvalue weighted by atomic mass is 16.5. The molecule has 9 aromatic rings. The van der Waals surface area contributed by atoms with Crippen molar-refractivity contribution in [3.63, 3.8) is 0 Å². The van der Waals surface area contributed by atoms with Gasteiger partial charge in [-0.2, -0.15) is 0 Å². The van der Waals surface area contributed by atoms with Crippen molar-refractivity contribution < 1.29 is 9.15 Å². The minimum absolute atomic E-state index is 0.530. The van der Waals surface area contributed by atoms with E-state index < -0.39 is 5.41 Å². The van der Waals surface area contributed by atoms with Crippen molar-refractivity contribution in [1.29, 1.82) is 0 Å². The lowest BCUT2D eigenvalue weighted by Crippen LogP contribution is -2.32. The van der Waals surface area contributed by atoms with Gasteiger partial charge in [0.25, 0.3) is 0 Å². The van der Waals surface area contributed by atoms with Crippen LogP contribution >= 0.6 is 0 Å². The third kappa shape index (κ3) is 3.96. The van der Waals surface area contributed by atoms with Crippen molar-refractivity contribution in [2.75, 3.05) is 0 Å². The minimum Gasteiger partial charge on any atom is -0.457 e. The summed E-state index contributed by atoms with van der Waals surface area (Å²) < 4.78 is 13.3. The van der Waals surface area contributed by atoms with Crippen molar-refractivity contribution in [3.8, 4) is 56.5 Å². The zero-order valence-electron chi connectivity index (χ0n) is 27.4. The Bertz CT molecular complexity index is 2730. The maximum atomic E-state index is 6.73. The minimum atomic E-state index is -0.530. The van der Waals surface area contributed by atoms with Crippen LogP contribution in [-0.2, 0) is 5.41 Å². The molecule has 4 nitrogen and oxygen atoms in total. The van der Waals surface area contributed by atoms with E-state index in [2.05, 4.69) is 133 Å². The highest BCUT2D eigenvalue weighted by molar-refractivity contribution is 6.16. The molecule has 7 aromatic carbocycles. The van der Waals surface area contributed by atoms with Crippen LogP contribution in [0.4, 0.5) is 0 Å². The standard InChI is InChI=1S/C47H28N2O2/c1-3-13-29(14-4-1)38-28-39(49-46(48-38)30-15-5-2-6-16-30)31-23-24-33-43(27-31)51-42-26-25-37-44(45(33)42)32-17-7-8-18-34(32)47(37)35-19-9-11-21-40(35)50-41-22-12-10-20-36(41)47/h1-28H. The number of para-hydroxylation sites is 2. The molecule has 0 saturated carbocycles. The Morgan fingerprint density at radius 3 is 1.76 bits per heavy atom. The van der Waals surface area contributed by atoms with Crippen LogP contribution in [0.25, 0.3) is 67.0 Å².